The predicted octanol–water partition coefficient (Wildman–Crippen LogP) is 6.52. The summed E-state index contributed by atoms with van der Waals surface area (Å²) in [5.41, 5.74) is 4.40. The Hall–Kier alpha value is -3.34. The lowest BCUT2D eigenvalue weighted by atomic mass is 9.86. The third kappa shape index (κ3) is 6.16. The minimum absolute atomic E-state index is 0.0486. The molecular weight excluding hydrogens is 424 g/mol. The first kappa shape index (κ1) is 23.8. The SMILES string of the molecule is CCCC(=O)Nc1ccc([C@@H](Cc2ccncc2)c2ccc(OC)c(OC3CCCC3)c2)cc1. The van der Waals surface area contributed by atoms with E-state index in [1.807, 2.05) is 37.5 Å². The molecule has 3 aromatic rings. The van der Waals surface area contributed by atoms with Crippen molar-refractivity contribution in [3.8, 4) is 11.5 Å². The molecule has 34 heavy (non-hydrogen) atoms. The molecule has 0 spiro atoms. The molecule has 1 heterocycles. The molecule has 1 saturated carbocycles. The van der Waals surface area contributed by atoms with Crippen molar-refractivity contribution in [3.05, 3.63) is 83.7 Å². The number of aromatic nitrogens is 1. The van der Waals surface area contributed by atoms with Gasteiger partial charge in [-0.1, -0.05) is 25.1 Å². The van der Waals surface area contributed by atoms with Crippen LogP contribution < -0.4 is 14.8 Å². The summed E-state index contributed by atoms with van der Waals surface area (Å²) in [6.45, 7) is 2.01. The zero-order valence-electron chi connectivity index (χ0n) is 20.1. The minimum Gasteiger partial charge on any atom is -0.493 e. The van der Waals surface area contributed by atoms with Crippen LogP contribution in [-0.2, 0) is 11.2 Å². The number of amides is 1. The number of nitrogens with zero attached hydrogens (tertiary/aromatic N) is 1. The fraction of sp³-hybridized carbons (Fsp3) is 0.379. The van der Waals surface area contributed by atoms with E-state index in [-0.39, 0.29) is 17.9 Å². The van der Waals surface area contributed by atoms with Crippen LogP contribution >= 0.6 is 0 Å². The second-order valence-electron chi connectivity index (χ2n) is 8.97. The average Bonchev–Trinajstić information content (AvgIpc) is 3.37. The molecule has 4 rings (SSSR count). The molecule has 5 heteroatoms. The first-order valence-corrected chi connectivity index (χ1v) is 12.3. The molecule has 1 amide bonds. The highest BCUT2D eigenvalue weighted by Gasteiger charge is 2.21. The molecule has 1 atom stereocenters. The molecule has 0 aliphatic heterocycles. The van der Waals surface area contributed by atoms with E-state index >= 15 is 0 Å². The van der Waals surface area contributed by atoms with Crippen LogP contribution in [-0.4, -0.2) is 24.1 Å². The van der Waals surface area contributed by atoms with Gasteiger partial charge in [0, 0.05) is 30.4 Å². The fourth-order valence-electron chi connectivity index (χ4n) is 4.62. The molecule has 1 fully saturated rings. The smallest absolute Gasteiger partial charge is 0.224 e. The quantitative estimate of drug-likeness (QED) is 0.375. The molecule has 178 valence electrons. The van der Waals surface area contributed by atoms with Gasteiger partial charge in [0.1, 0.15) is 0 Å². The van der Waals surface area contributed by atoms with E-state index in [2.05, 4.69) is 46.7 Å². The van der Waals surface area contributed by atoms with Crippen LogP contribution in [0.3, 0.4) is 0 Å². The van der Waals surface area contributed by atoms with Crippen molar-refractivity contribution in [2.75, 3.05) is 12.4 Å². The summed E-state index contributed by atoms with van der Waals surface area (Å²) in [7, 11) is 1.69. The third-order valence-electron chi connectivity index (χ3n) is 6.45. The summed E-state index contributed by atoms with van der Waals surface area (Å²) in [6, 6.07) is 18.6. The van der Waals surface area contributed by atoms with Gasteiger partial charge in [-0.05, 0) is 91.6 Å². The number of ether oxygens (including phenoxy) is 2. The van der Waals surface area contributed by atoms with Crippen molar-refractivity contribution in [3.63, 3.8) is 0 Å². The highest BCUT2D eigenvalue weighted by atomic mass is 16.5. The Morgan fingerprint density at radius 1 is 1.00 bits per heavy atom. The van der Waals surface area contributed by atoms with Crippen LogP contribution in [0.1, 0.15) is 68.1 Å². The molecule has 0 radical (unpaired) electrons. The van der Waals surface area contributed by atoms with Gasteiger partial charge in [0.25, 0.3) is 0 Å². The lowest BCUT2D eigenvalue weighted by Crippen LogP contribution is -2.13. The summed E-state index contributed by atoms with van der Waals surface area (Å²) in [6.07, 6.45) is 10.8. The lowest BCUT2D eigenvalue weighted by Gasteiger charge is -2.22. The van der Waals surface area contributed by atoms with Gasteiger partial charge in [-0.2, -0.15) is 0 Å². The van der Waals surface area contributed by atoms with E-state index < -0.39 is 0 Å². The molecule has 1 aliphatic rings. The second-order valence-corrected chi connectivity index (χ2v) is 8.97. The molecule has 1 aromatic heterocycles. The van der Waals surface area contributed by atoms with Crippen molar-refractivity contribution in [2.24, 2.45) is 0 Å². The van der Waals surface area contributed by atoms with E-state index in [1.54, 1.807) is 7.11 Å². The Labute approximate surface area is 202 Å². The summed E-state index contributed by atoms with van der Waals surface area (Å²) in [5, 5.41) is 2.98. The van der Waals surface area contributed by atoms with Gasteiger partial charge in [0.2, 0.25) is 5.91 Å². The van der Waals surface area contributed by atoms with Crippen molar-refractivity contribution in [2.45, 2.75) is 63.9 Å². The van der Waals surface area contributed by atoms with Gasteiger partial charge in [0.15, 0.2) is 11.5 Å². The Morgan fingerprint density at radius 3 is 2.38 bits per heavy atom. The Bertz CT molecular complexity index is 1060. The van der Waals surface area contributed by atoms with E-state index in [9.17, 15) is 4.79 Å². The topological polar surface area (TPSA) is 60.5 Å². The van der Waals surface area contributed by atoms with Gasteiger partial charge in [0.05, 0.1) is 13.2 Å². The molecule has 5 nitrogen and oxygen atoms in total. The number of pyridine rings is 1. The number of anilines is 1. The van der Waals surface area contributed by atoms with Crippen LogP contribution in [0.15, 0.2) is 67.0 Å². The number of rotatable bonds is 10. The number of methoxy groups -OCH3 is 1. The van der Waals surface area contributed by atoms with Gasteiger partial charge in [-0.3, -0.25) is 9.78 Å². The van der Waals surface area contributed by atoms with Crippen molar-refractivity contribution < 1.29 is 14.3 Å². The maximum atomic E-state index is 12.0. The summed E-state index contributed by atoms with van der Waals surface area (Å²) >= 11 is 0. The van der Waals surface area contributed by atoms with Crippen molar-refractivity contribution in [1.82, 2.24) is 4.98 Å². The zero-order valence-corrected chi connectivity index (χ0v) is 20.1. The van der Waals surface area contributed by atoms with Gasteiger partial charge >= 0.3 is 0 Å². The normalized spacial score (nSPS) is 14.5. The van der Waals surface area contributed by atoms with Crippen LogP contribution in [0.4, 0.5) is 5.69 Å². The first-order chi connectivity index (χ1) is 16.7. The number of benzene rings is 2. The monoisotopic (exact) mass is 458 g/mol. The van der Waals surface area contributed by atoms with Crippen molar-refractivity contribution >= 4 is 11.6 Å². The Kier molecular flexibility index (Phi) is 8.18. The molecule has 0 unspecified atom stereocenters. The molecule has 0 saturated heterocycles. The number of hydrogen-bond donors (Lipinski definition) is 1. The summed E-state index contributed by atoms with van der Waals surface area (Å²) in [5.74, 6) is 1.76. The highest BCUT2D eigenvalue weighted by molar-refractivity contribution is 5.90. The minimum atomic E-state index is 0.0486. The van der Waals surface area contributed by atoms with E-state index in [0.29, 0.717) is 6.42 Å². The van der Waals surface area contributed by atoms with Crippen LogP contribution in [0.5, 0.6) is 11.5 Å². The maximum absolute atomic E-state index is 12.0. The van der Waals surface area contributed by atoms with E-state index in [4.69, 9.17) is 9.47 Å². The number of nitrogens with one attached hydrogen (secondary N) is 1. The molecule has 2 aromatic carbocycles. The Balaban J connectivity index is 1.64. The molecule has 1 aliphatic carbocycles. The third-order valence-corrected chi connectivity index (χ3v) is 6.45. The lowest BCUT2D eigenvalue weighted by molar-refractivity contribution is -0.116. The van der Waals surface area contributed by atoms with E-state index in [0.717, 1.165) is 42.9 Å². The largest absolute Gasteiger partial charge is 0.493 e. The van der Waals surface area contributed by atoms with Gasteiger partial charge in [-0.25, -0.2) is 0 Å². The number of carbonyl (C=O) groups is 1. The summed E-state index contributed by atoms with van der Waals surface area (Å²) in [4.78, 5) is 16.2. The van der Waals surface area contributed by atoms with Gasteiger partial charge < -0.3 is 14.8 Å². The van der Waals surface area contributed by atoms with E-state index in [1.165, 1.54) is 29.5 Å². The maximum Gasteiger partial charge on any atom is 0.224 e. The average molecular weight is 459 g/mol. The van der Waals surface area contributed by atoms with Gasteiger partial charge in [-0.15, -0.1) is 0 Å². The summed E-state index contributed by atoms with van der Waals surface area (Å²) < 4.78 is 12.0. The van der Waals surface area contributed by atoms with Crippen LogP contribution in [0.2, 0.25) is 0 Å². The Morgan fingerprint density at radius 2 is 1.71 bits per heavy atom. The molecule has 1 N–H and O–H groups in total. The first-order valence-electron chi connectivity index (χ1n) is 12.3. The number of carbonyl (C=O) groups excluding carboxylic acids is 1. The standard InChI is InChI=1S/C29H34N2O3/c1-3-6-29(32)31-24-12-9-22(10-13-24)26(19-21-15-17-30-18-16-21)23-11-14-27(33-2)28(20-23)34-25-7-4-5-8-25/h9-18,20,25-26H,3-8,19H2,1-2H3,(H,31,32)/t26-/m1/s1. The highest BCUT2D eigenvalue weighted by Crippen LogP contribution is 2.37. The van der Waals surface area contributed by atoms with Crippen LogP contribution in [0, 0.1) is 0 Å². The molecular formula is C29H34N2O3. The number of hydrogen-bond acceptors (Lipinski definition) is 4. The fourth-order valence-corrected chi connectivity index (χ4v) is 4.62. The molecule has 0 bridgehead atoms. The zero-order chi connectivity index (χ0) is 23.8. The van der Waals surface area contributed by atoms with Crippen LogP contribution in [0.25, 0.3) is 0 Å². The van der Waals surface area contributed by atoms with Crippen molar-refractivity contribution in [1.29, 1.82) is 0 Å². The predicted molar refractivity (Wildman–Crippen MR) is 136 cm³/mol. The second kappa shape index (κ2) is 11.7.